The van der Waals surface area contributed by atoms with Crippen LogP contribution < -0.4 is 0 Å². The minimum atomic E-state index is -0.705. The molecule has 0 atom stereocenters. The molecule has 0 aliphatic heterocycles. The predicted octanol–water partition coefficient (Wildman–Crippen LogP) is 10.6. The Hall–Kier alpha value is -1.06. The number of hydrogen-bond donors (Lipinski definition) is 0. The molecule has 0 saturated heterocycles. The van der Waals surface area contributed by atoms with Gasteiger partial charge in [-0.2, -0.15) is 0 Å². The second-order valence-corrected chi connectivity index (χ2v) is 10.8. The Morgan fingerprint density at radius 3 is 1.03 bits per heavy atom. The van der Waals surface area contributed by atoms with Gasteiger partial charge in [0.05, 0.1) is 0 Å². The zero-order chi connectivity index (χ0) is 26.5. The normalized spacial score (nSPS) is 11.2. The van der Waals surface area contributed by atoms with Crippen LogP contribution in [0, 0.1) is 0 Å². The van der Waals surface area contributed by atoms with E-state index in [4.69, 9.17) is 9.47 Å². The van der Waals surface area contributed by atoms with Gasteiger partial charge in [-0.3, -0.25) is 9.59 Å². The number of unbranched alkanes of at least 4 members (excludes halogenated alkanes) is 20. The molecule has 0 N–H and O–H groups in total. The van der Waals surface area contributed by atoms with Crippen LogP contribution in [0.15, 0.2) is 0 Å². The van der Waals surface area contributed by atoms with Crippen LogP contribution in [0.25, 0.3) is 0 Å². The molecule has 0 aromatic heterocycles. The van der Waals surface area contributed by atoms with Gasteiger partial charge in [-0.05, 0) is 19.3 Å². The van der Waals surface area contributed by atoms with Crippen LogP contribution in [0.4, 0.5) is 0 Å². The first kappa shape index (κ1) is 34.9. The number of rotatable bonds is 28. The molecule has 0 radical (unpaired) electrons. The first-order chi connectivity index (χ1) is 17.6. The maximum absolute atomic E-state index is 12.4. The second-order valence-electron chi connectivity index (χ2n) is 10.8. The van der Waals surface area contributed by atoms with Crippen molar-refractivity contribution in [3.8, 4) is 0 Å². The quantitative estimate of drug-likeness (QED) is 0.0596. The van der Waals surface area contributed by atoms with E-state index in [0.717, 1.165) is 38.5 Å². The van der Waals surface area contributed by atoms with Gasteiger partial charge in [0.1, 0.15) is 0 Å². The summed E-state index contributed by atoms with van der Waals surface area (Å²) in [5.41, 5.74) is 0. The van der Waals surface area contributed by atoms with E-state index in [1.807, 2.05) is 0 Å². The maximum Gasteiger partial charge on any atom is 0.308 e. The summed E-state index contributed by atoms with van der Waals surface area (Å²) in [7, 11) is 0. The van der Waals surface area contributed by atoms with Crippen LogP contribution in [0.5, 0.6) is 0 Å². The van der Waals surface area contributed by atoms with Crippen molar-refractivity contribution in [1.29, 1.82) is 0 Å². The Morgan fingerprint density at radius 1 is 0.417 bits per heavy atom. The minimum absolute atomic E-state index is 0.215. The van der Waals surface area contributed by atoms with E-state index in [0.29, 0.717) is 19.3 Å². The molecule has 214 valence electrons. The molecule has 0 aliphatic rings. The highest BCUT2D eigenvalue weighted by atomic mass is 16.7. The van der Waals surface area contributed by atoms with E-state index in [2.05, 4.69) is 20.8 Å². The molecule has 4 nitrogen and oxygen atoms in total. The Morgan fingerprint density at radius 2 is 0.694 bits per heavy atom. The fourth-order valence-electron chi connectivity index (χ4n) is 4.63. The zero-order valence-electron chi connectivity index (χ0n) is 24.6. The summed E-state index contributed by atoms with van der Waals surface area (Å²) >= 11 is 0. The number of hydrogen-bond acceptors (Lipinski definition) is 4. The third-order valence-corrected chi connectivity index (χ3v) is 7.04. The standard InChI is InChI=1S/C32H62O4/c1-4-7-10-13-16-17-20-23-26-29-32(35-30(33)27-24-21-18-14-11-8-5-2)36-31(34)28-25-22-19-15-12-9-6-3/h32H,4-29H2,1-3H3. The van der Waals surface area contributed by atoms with Crippen molar-refractivity contribution in [2.45, 2.75) is 194 Å². The molecule has 0 bridgehead atoms. The van der Waals surface area contributed by atoms with Crippen molar-refractivity contribution in [2.24, 2.45) is 0 Å². The second kappa shape index (κ2) is 28.5. The van der Waals surface area contributed by atoms with Gasteiger partial charge >= 0.3 is 11.9 Å². The van der Waals surface area contributed by atoms with Gasteiger partial charge < -0.3 is 9.47 Å². The van der Waals surface area contributed by atoms with E-state index in [-0.39, 0.29) is 11.9 Å². The van der Waals surface area contributed by atoms with E-state index in [9.17, 15) is 9.59 Å². The van der Waals surface area contributed by atoms with Crippen molar-refractivity contribution in [1.82, 2.24) is 0 Å². The maximum atomic E-state index is 12.4. The van der Waals surface area contributed by atoms with Crippen molar-refractivity contribution in [3.63, 3.8) is 0 Å². The number of carbonyl (C=O) groups excluding carboxylic acids is 2. The van der Waals surface area contributed by atoms with Crippen molar-refractivity contribution >= 4 is 11.9 Å². The summed E-state index contributed by atoms with van der Waals surface area (Å²) in [5.74, 6) is -0.429. The SMILES string of the molecule is CCCCCCCCCCCC(OC(=O)CCCCCCCCC)OC(=O)CCCCCCCCC. The summed E-state index contributed by atoms with van der Waals surface area (Å²) in [6, 6.07) is 0. The summed E-state index contributed by atoms with van der Waals surface area (Å²) in [5, 5.41) is 0. The fourth-order valence-corrected chi connectivity index (χ4v) is 4.63. The Bertz CT molecular complexity index is 445. The van der Waals surface area contributed by atoms with Gasteiger partial charge in [0.25, 0.3) is 0 Å². The molecule has 0 amide bonds. The van der Waals surface area contributed by atoms with E-state index < -0.39 is 6.29 Å². The lowest BCUT2D eigenvalue weighted by Gasteiger charge is -2.18. The van der Waals surface area contributed by atoms with Crippen LogP contribution in [0.1, 0.15) is 188 Å². The van der Waals surface area contributed by atoms with Crippen LogP contribution in [-0.2, 0) is 19.1 Å². The highest BCUT2D eigenvalue weighted by Gasteiger charge is 2.18. The first-order valence-corrected chi connectivity index (χ1v) is 16.0. The van der Waals surface area contributed by atoms with E-state index >= 15 is 0 Å². The van der Waals surface area contributed by atoms with Crippen molar-refractivity contribution in [3.05, 3.63) is 0 Å². The van der Waals surface area contributed by atoms with Gasteiger partial charge in [0.2, 0.25) is 6.29 Å². The fraction of sp³-hybridized carbons (Fsp3) is 0.938. The summed E-state index contributed by atoms with van der Waals surface area (Å²) in [6.07, 6.45) is 28.3. The molecule has 0 aliphatic carbocycles. The van der Waals surface area contributed by atoms with Gasteiger partial charge in [-0.15, -0.1) is 0 Å². The molecule has 0 aromatic carbocycles. The van der Waals surface area contributed by atoms with Gasteiger partial charge in [-0.1, -0.05) is 149 Å². The monoisotopic (exact) mass is 510 g/mol. The Labute approximate surface area is 225 Å². The number of carbonyl (C=O) groups is 2. The topological polar surface area (TPSA) is 52.6 Å². The molecular weight excluding hydrogens is 448 g/mol. The lowest BCUT2D eigenvalue weighted by molar-refractivity contribution is -0.189. The number of ether oxygens (including phenoxy) is 2. The summed E-state index contributed by atoms with van der Waals surface area (Å²) in [4.78, 5) is 24.8. The molecule has 0 spiro atoms. The molecule has 0 heterocycles. The Kier molecular flexibility index (Phi) is 27.7. The smallest absolute Gasteiger partial charge is 0.308 e. The van der Waals surface area contributed by atoms with Crippen LogP contribution in [0.3, 0.4) is 0 Å². The highest BCUT2D eigenvalue weighted by Crippen LogP contribution is 2.16. The molecule has 0 saturated carbocycles. The number of esters is 2. The average Bonchev–Trinajstić information content (AvgIpc) is 2.86. The molecule has 36 heavy (non-hydrogen) atoms. The molecular formula is C32H62O4. The van der Waals surface area contributed by atoms with Crippen LogP contribution in [0.2, 0.25) is 0 Å². The molecule has 0 unspecified atom stereocenters. The summed E-state index contributed by atoms with van der Waals surface area (Å²) < 4.78 is 11.3. The summed E-state index contributed by atoms with van der Waals surface area (Å²) in [6.45, 7) is 6.70. The third-order valence-electron chi connectivity index (χ3n) is 7.04. The van der Waals surface area contributed by atoms with Crippen LogP contribution in [-0.4, -0.2) is 18.2 Å². The van der Waals surface area contributed by atoms with Crippen LogP contribution >= 0.6 is 0 Å². The van der Waals surface area contributed by atoms with Gasteiger partial charge in [-0.25, -0.2) is 0 Å². The molecule has 0 aromatic rings. The van der Waals surface area contributed by atoms with Gasteiger partial charge in [0.15, 0.2) is 0 Å². The predicted molar refractivity (Wildman–Crippen MR) is 153 cm³/mol. The van der Waals surface area contributed by atoms with E-state index in [1.54, 1.807) is 0 Å². The largest absolute Gasteiger partial charge is 0.425 e. The molecule has 4 heteroatoms. The van der Waals surface area contributed by atoms with Gasteiger partial charge in [0, 0.05) is 19.3 Å². The average molecular weight is 511 g/mol. The van der Waals surface area contributed by atoms with Crippen molar-refractivity contribution < 1.29 is 19.1 Å². The zero-order valence-corrected chi connectivity index (χ0v) is 24.6. The van der Waals surface area contributed by atoms with E-state index in [1.165, 1.54) is 109 Å². The lowest BCUT2D eigenvalue weighted by Crippen LogP contribution is -2.24. The third kappa shape index (κ3) is 26.0. The van der Waals surface area contributed by atoms with Crippen molar-refractivity contribution in [2.75, 3.05) is 0 Å². The highest BCUT2D eigenvalue weighted by molar-refractivity contribution is 5.71. The first-order valence-electron chi connectivity index (χ1n) is 16.0. The lowest BCUT2D eigenvalue weighted by atomic mass is 10.1. The molecule has 0 rings (SSSR count). The minimum Gasteiger partial charge on any atom is -0.425 e. The Balaban J connectivity index is 4.22. The molecule has 0 fully saturated rings.